The summed E-state index contributed by atoms with van der Waals surface area (Å²) in [6, 6.07) is 5.52. The smallest absolute Gasteiger partial charge is 0.0928 e. The Labute approximate surface area is 111 Å². The monoisotopic (exact) mass is 271 g/mol. The van der Waals surface area contributed by atoms with E-state index in [1.165, 1.54) is 12.8 Å². The number of hydrogen-bond donors (Lipinski definition) is 1. The molecule has 17 heavy (non-hydrogen) atoms. The fraction of sp³-hybridized carbons (Fsp3) is 0.538. The highest BCUT2D eigenvalue weighted by atomic mass is 35.5. The van der Waals surface area contributed by atoms with Gasteiger partial charge in [-0.3, -0.25) is 4.90 Å². The average molecular weight is 272 g/mol. The van der Waals surface area contributed by atoms with Crippen LogP contribution in [0.3, 0.4) is 0 Å². The normalized spacial score (nSPS) is 23.5. The van der Waals surface area contributed by atoms with Gasteiger partial charge in [0.1, 0.15) is 0 Å². The number of benzene rings is 1. The molecule has 2 fully saturated rings. The Hall–Kier alpha value is -0.280. The number of hydrogen-bond acceptors (Lipinski definition) is 2. The lowest BCUT2D eigenvalue weighted by atomic mass is 9.88. The summed E-state index contributed by atoms with van der Waals surface area (Å²) in [7, 11) is 0. The van der Waals surface area contributed by atoms with E-state index in [0.29, 0.717) is 10.9 Å². The molecule has 0 spiro atoms. The second-order valence-electron chi connectivity index (χ2n) is 5.26. The minimum absolute atomic E-state index is 0.426. The Morgan fingerprint density at radius 3 is 2.65 bits per heavy atom. The van der Waals surface area contributed by atoms with Crippen molar-refractivity contribution in [3.63, 3.8) is 0 Å². The molecule has 2 aliphatic rings. The van der Waals surface area contributed by atoms with Crippen LogP contribution in [0.2, 0.25) is 10.0 Å². The van der Waals surface area contributed by atoms with Gasteiger partial charge in [-0.25, -0.2) is 0 Å². The van der Waals surface area contributed by atoms with Crippen LogP contribution in [0.5, 0.6) is 0 Å². The molecule has 92 valence electrons. The molecule has 1 saturated heterocycles. The molecule has 0 atom stereocenters. The third-order valence-electron chi connectivity index (χ3n) is 3.73. The number of nitrogens with zero attached hydrogens (tertiary/aromatic N) is 1. The van der Waals surface area contributed by atoms with E-state index in [1.54, 1.807) is 6.07 Å². The van der Waals surface area contributed by atoms with Crippen molar-refractivity contribution in [1.82, 2.24) is 4.90 Å². The van der Waals surface area contributed by atoms with Crippen LogP contribution in [0.15, 0.2) is 18.2 Å². The molecule has 0 unspecified atom stereocenters. The summed E-state index contributed by atoms with van der Waals surface area (Å²) < 4.78 is 0. The lowest BCUT2D eigenvalue weighted by Gasteiger charge is -2.47. The minimum atomic E-state index is -0.426. The second-order valence-corrected chi connectivity index (χ2v) is 6.10. The van der Waals surface area contributed by atoms with E-state index in [2.05, 4.69) is 4.90 Å². The minimum Gasteiger partial charge on any atom is -0.387 e. The molecule has 1 aromatic carbocycles. The van der Waals surface area contributed by atoms with Crippen molar-refractivity contribution in [2.45, 2.75) is 25.0 Å². The molecule has 3 rings (SSSR count). The third-order valence-corrected chi connectivity index (χ3v) is 4.34. The van der Waals surface area contributed by atoms with Crippen LogP contribution in [0, 0.1) is 5.92 Å². The van der Waals surface area contributed by atoms with Crippen LogP contribution in [0.4, 0.5) is 0 Å². The van der Waals surface area contributed by atoms with Gasteiger partial charge in [-0.2, -0.15) is 0 Å². The Morgan fingerprint density at radius 1 is 1.29 bits per heavy atom. The quantitative estimate of drug-likeness (QED) is 0.914. The van der Waals surface area contributed by atoms with Gasteiger partial charge >= 0.3 is 0 Å². The third kappa shape index (κ3) is 2.32. The molecule has 0 amide bonds. The first-order valence-electron chi connectivity index (χ1n) is 5.95. The van der Waals surface area contributed by atoms with Crippen molar-refractivity contribution in [3.05, 3.63) is 33.8 Å². The summed E-state index contributed by atoms with van der Waals surface area (Å²) in [5, 5.41) is 11.7. The van der Waals surface area contributed by atoms with Crippen molar-refractivity contribution in [1.29, 1.82) is 0 Å². The summed E-state index contributed by atoms with van der Waals surface area (Å²) >= 11 is 12.1. The summed E-state index contributed by atoms with van der Waals surface area (Å²) in [4.78, 5) is 2.22. The van der Waals surface area contributed by atoms with E-state index >= 15 is 0 Å². The number of likely N-dealkylation sites (tertiary alicyclic amines) is 1. The van der Waals surface area contributed by atoms with Gasteiger partial charge in [0.05, 0.1) is 5.60 Å². The van der Waals surface area contributed by atoms with E-state index in [4.69, 9.17) is 23.2 Å². The molecule has 1 N–H and O–H groups in total. The van der Waals surface area contributed by atoms with Crippen LogP contribution in [-0.4, -0.2) is 28.7 Å². The van der Waals surface area contributed by atoms with E-state index in [1.807, 2.05) is 12.1 Å². The molecule has 1 heterocycles. The number of halogens is 2. The fourth-order valence-electron chi connectivity index (χ4n) is 2.62. The maximum atomic E-state index is 10.2. The van der Waals surface area contributed by atoms with Crippen molar-refractivity contribution in [3.8, 4) is 0 Å². The lowest BCUT2D eigenvalue weighted by Crippen LogP contribution is -2.62. The van der Waals surface area contributed by atoms with Crippen LogP contribution >= 0.6 is 23.2 Å². The predicted octanol–water partition coefficient (Wildman–Crippen LogP) is 2.95. The zero-order valence-corrected chi connectivity index (χ0v) is 11.0. The van der Waals surface area contributed by atoms with Crippen molar-refractivity contribution in [2.24, 2.45) is 5.92 Å². The van der Waals surface area contributed by atoms with Gasteiger partial charge in [-0.1, -0.05) is 23.2 Å². The largest absolute Gasteiger partial charge is 0.387 e. The van der Waals surface area contributed by atoms with Gasteiger partial charge in [-0.15, -0.1) is 0 Å². The highest BCUT2D eigenvalue weighted by molar-refractivity contribution is 6.33. The van der Waals surface area contributed by atoms with Crippen LogP contribution in [-0.2, 0) is 6.54 Å². The number of β-amino-alcohol motifs (C(OH)–C–C–N with tert-alkyl or cyclic N) is 1. The predicted molar refractivity (Wildman–Crippen MR) is 69.4 cm³/mol. The Morgan fingerprint density at radius 2 is 2.00 bits per heavy atom. The molecule has 0 radical (unpaired) electrons. The van der Waals surface area contributed by atoms with E-state index in [9.17, 15) is 5.11 Å². The molecule has 1 aliphatic carbocycles. The van der Waals surface area contributed by atoms with Gasteiger partial charge in [0.2, 0.25) is 0 Å². The summed E-state index contributed by atoms with van der Waals surface area (Å²) in [6.07, 6.45) is 2.37. The molecule has 1 aliphatic heterocycles. The lowest BCUT2D eigenvalue weighted by molar-refractivity contribution is -0.116. The van der Waals surface area contributed by atoms with Gasteiger partial charge in [0, 0.05) is 29.7 Å². The van der Waals surface area contributed by atoms with Gasteiger partial charge in [-0.05, 0) is 42.5 Å². The first-order chi connectivity index (χ1) is 8.07. The van der Waals surface area contributed by atoms with E-state index in [-0.39, 0.29) is 0 Å². The number of aliphatic hydroxyl groups is 1. The summed E-state index contributed by atoms with van der Waals surface area (Å²) in [5.41, 5.74) is 0.613. The zero-order chi connectivity index (χ0) is 12.0. The molecular formula is C13H15Cl2NO. The molecule has 2 nitrogen and oxygen atoms in total. The molecule has 0 bridgehead atoms. The standard InChI is InChI=1S/C13H15Cl2NO/c14-11-3-4-12(15)9(5-11)6-16-7-13(17,8-16)10-1-2-10/h3-5,10,17H,1-2,6-8H2. The van der Waals surface area contributed by atoms with E-state index < -0.39 is 5.60 Å². The first kappa shape index (κ1) is 11.8. The first-order valence-corrected chi connectivity index (χ1v) is 6.71. The summed E-state index contributed by atoms with van der Waals surface area (Å²) in [6.45, 7) is 2.30. The SMILES string of the molecule is OC1(C2CC2)CN(Cc2cc(Cl)ccc2Cl)C1. The maximum Gasteiger partial charge on any atom is 0.0928 e. The highest BCUT2D eigenvalue weighted by Crippen LogP contribution is 2.45. The highest BCUT2D eigenvalue weighted by Gasteiger charge is 2.51. The topological polar surface area (TPSA) is 23.5 Å². The number of rotatable bonds is 3. The molecule has 4 heteroatoms. The molecule has 1 saturated carbocycles. The van der Waals surface area contributed by atoms with Gasteiger partial charge in [0.25, 0.3) is 0 Å². The Bertz CT molecular complexity index is 439. The molecule has 0 aromatic heterocycles. The summed E-state index contributed by atoms with van der Waals surface area (Å²) in [5.74, 6) is 0.536. The second kappa shape index (κ2) is 4.13. The van der Waals surface area contributed by atoms with Crippen LogP contribution in [0.25, 0.3) is 0 Å². The Kier molecular flexibility index (Phi) is 2.86. The molecular weight excluding hydrogens is 257 g/mol. The zero-order valence-electron chi connectivity index (χ0n) is 9.50. The van der Waals surface area contributed by atoms with Crippen LogP contribution in [0.1, 0.15) is 18.4 Å². The molecule has 1 aromatic rings. The van der Waals surface area contributed by atoms with E-state index in [0.717, 1.165) is 30.2 Å². The van der Waals surface area contributed by atoms with Crippen LogP contribution < -0.4 is 0 Å². The fourth-order valence-corrected chi connectivity index (χ4v) is 3.00. The van der Waals surface area contributed by atoms with Crippen molar-refractivity contribution in [2.75, 3.05) is 13.1 Å². The van der Waals surface area contributed by atoms with Crippen molar-refractivity contribution >= 4 is 23.2 Å². The average Bonchev–Trinajstić information content (AvgIpc) is 3.04. The van der Waals surface area contributed by atoms with Gasteiger partial charge in [0.15, 0.2) is 0 Å². The van der Waals surface area contributed by atoms with Gasteiger partial charge < -0.3 is 5.11 Å². The Balaban J connectivity index is 1.63. The maximum absolute atomic E-state index is 10.2. The van der Waals surface area contributed by atoms with Crippen molar-refractivity contribution < 1.29 is 5.11 Å².